The maximum atomic E-state index is 5.21. The van der Waals surface area contributed by atoms with Gasteiger partial charge in [-0.2, -0.15) is 0 Å². The lowest BCUT2D eigenvalue weighted by atomic mass is 9.94. The van der Waals surface area contributed by atoms with Crippen LogP contribution in [-0.4, -0.2) is 43.1 Å². The van der Waals surface area contributed by atoms with Crippen LogP contribution in [0.5, 0.6) is 0 Å². The molecule has 3 heteroatoms. The van der Waals surface area contributed by atoms with Crippen molar-refractivity contribution in [1.82, 2.24) is 4.90 Å². The highest BCUT2D eigenvalue weighted by Crippen LogP contribution is 2.22. The first kappa shape index (κ1) is 16.4. The lowest BCUT2D eigenvalue weighted by molar-refractivity contribution is 0.0885. The first-order chi connectivity index (χ1) is 7.50. The van der Waals surface area contributed by atoms with Crippen LogP contribution in [0.15, 0.2) is 0 Å². The predicted molar refractivity (Wildman–Crippen MR) is 75.4 cm³/mol. The van der Waals surface area contributed by atoms with E-state index < -0.39 is 0 Å². The summed E-state index contributed by atoms with van der Waals surface area (Å²) in [4.78, 5) is 2.57. The van der Waals surface area contributed by atoms with Gasteiger partial charge in [-0.3, -0.25) is 4.90 Å². The van der Waals surface area contributed by atoms with Crippen molar-refractivity contribution >= 4 is 15.9 Å². The summed E-state index contributed by atoms with van der Waals surface area (Å²) in [6, 6.07) is 0.688. The van der Waals surface area contributed by atoms with Crippen molar-refractivity contribution in [2.45, 2.75) is 46.6 Å². The molecular formula is C13H28BrNO. The van der Waals surface area contributed by atoms with Gasteiger partial charge >= 0.3 is 0 Å². The van der Waals surface area contributed by atoms with E-state index in [0.29, 0.717) is 11.5 Å². The zero-order valence-corrected chi connectivity index (χ0v) is 13.1. The third kappa shape index (κ3) is 6.21. The van der Waals surface area contributed by atoms with Crippen molar-refractivity contribution < 1.29 is 4.74 Å². The molecule has 0 aliphatic carbocycles. The molecule has 0 saturated carbocycles. The van der Waals surface area contributed by atoms with Crippen LogP contribution in [0.4, 0.5) is 0 Å². The predicted octanol–water partition coefficient (Wildman–Crippen LogP) is 3.54. The Bertz CT molecular complexity index is 169. The molecule has 0 rings (SSSR count). The Morgan fingerprint density at radius 1 is 1.25 bits per heavy atom. The lowest BCUT2D eigenvalue weighted by Gasteiger charge is -2.36. The van der Waals surface area contributed by atoms with E-state index in [1.807, 2.05) is 0 Å². The van der Waals surface area contributed by atoms with Crippen molar-refractivity contribution in [2.24, 2.45) is 5.41 Å². The van der Waals surface area contributed by atoms with E-state index in [9.17, 15) is 0 Å². The zero-order valence-electron chi connectivity index (χ0n) is 11.6. The second-order valence-electron chi connectivity index (χ2n) is 5.23. The summed E-state index contributed by atoms with van der Waals surface area (Å²) >= 11 is 3.60. The highest BCUT2D eigenvalue weighted by molar-refractivity contribution is 9.09. The van der Waals surface area contributed by atoms with E-state index in [0.717, 1.165) is 25.0 Å². The standard InChI is InChI=1S/C13H28BrNO/c1-6-12(7-2)15(8-9-16-5)11-13(3,4)10-14/h12H,6-11H2,1-5H3. The van der Waals surface area contributed by atoms with E-state index in [1.165, 1.54) is 12.8 Å². The Hall–Kier alpha value is 0.400. The number of halogens is 1. The van der Waals surface area contributed by atoms with Crippen LogP contribution in [-0.2, 0) is 4.74 Å². The van der Waals surface area contributed by atoms with Crippen molar-refractivity contribution in [2.75, 3.05) is 32.1 Å². The summed E-state index contributed by atoms with van der Waals surface area (Å²) in [5.74, 6) is 0. The highest BCUT2D eigenvalue weighted by Gasteiger charge is 2.24. The molecule has 0 aliphatic heterocycles. The first-order valence-electron chi connectivity index (χ1n) is 6.29. The summed E-state index contributed by atoms with van der Waals surface area (Å²) in [6.07, 6.45) is 2.44. The molecule has 0 bridgehead atoms. The van der Waals surface area contributed by atoms with E-state index in [4.69, 9.17) is 4.74 Å². The number of rotatable bonds is 9. The molecule has 98 valence electrons. The highest BCUT2D eigenvalue weighted by atomic mass is 79.9. The van der Waals surface area contributed by atoms with E-state index in [2.05, 4.69) is 48.5 Å². The molecule has 0 aromatic rings. The van der Waals surface area contributed by atoms with Crippen LogP contribution in [0, 0.1) is 5.41 Å². The number of ether oxygens (including phenoxy) is 1. The Kier molecular flexibility index (Phi) is 8.70. The van der Waals surface area contributed by atoms with Crippen LogP contribution >= 0.6 is 15.9 Å². The van der Waals surface area contributed by atoms with Crippen LogP contribution in [0.3, 0.4) is 0 Å². The van der Waals surface area contributed by atoms with Gasteiger partial charge in [0.15, 0.2) is 0 Å². The molecule has 0 amide bonds. The van der Waals surface area contributed by atoms with Gasteiger partial charge in [-0.1, -0.05) is 43.6 Å². The SMILES string of the molecule is CCC(CC)N(CCOC)CC(C)(C)CBr. The van der Waals surface area contributed by atoms with Gasteiger partial charge in [-0.25, -0.2) is 0 Å². The average Bonchev–Trinajstić information content (AvgIpc) is 2.27. The van der Waals surface area contributed by atoms with Gasteiger partial charge in [0, 0.05) is 31.6 Å². The normalized spacial score (nSPS) is 12.8. The topological polar surface area (TPSA) is 12.5 Å². The van der Waals surface area contributed by atoms with Crippen molar-refractivity contribution in [3.05, 3.63) is 0 Å². The quantitative estimate of drug-likeness (QED) is 0.603. The summed E-state index contributed by atoms with van der Waals surface area (Å²) in [7, 11) is 1.78. The molecule has 0 aromatic heterocycles. The summed E-state index contributed by atoms with van der Waals surface area (Å²) < 4.78 is 5.21. The Labute approximate surface area is 110 Å². The van der Waals surface area contributed by atoms with Gasteiger partial charge in [0.2, 0.25) is 0 Å². The van der Waals surface area contributed by atoms with Crippen LogP contribution in [0.1, 0.15) is 40.5 Å². The van der Waals surface area contributed by atoms with Gasteiger partial charge in [-0.15, -0.1) is 0 Å². The van der Waals surface area contributed by atoms with Gasteiger partial charge in [0.1, 0.15) is 0 Å². The maximum Gasteiger partial charge on any atom is 0.0589 e. The molecule has 0 fully saturated rings. The van der Waals surface area contributed by atoms with Gasteiger partial charge in [-0.05, 0) is 18.3 Å². The molecule has 0 heterocycles. The fraction of sp³-hybridized carbons (Fsp3) is 1.00. The van der Waals surface area contributed by atoms with Crippen molar-refractivity contribution in [3.63, 3.8) is 0 Å². The number of methoxy groups -OCH3 is 1. The summed E-state index contributed by atoms with van der Waals surface area (Å²) in [5, 5.41) is 1.05. The Morgan fingerprint density at radius 2 is 1.81 bits per heavy atom. The number of nitrogens with zero attached hydrogens (tertiary/aromatic N) is 1. The van der Waals surface area contributed by atoms with Crippen LogP contribution in [0.2, 0.25) is 0 Å². The van der Waals surface area contributed by atoms with E-state index >= 15 is 0 Å². The second-order valence-corrected chi connectivity index (χ2v) is 5.79. The summed E-state index contributed by atoms with van der Waals surface area (Å²) in [6.45, 7) is 12.2. The molecule has 16 heavy (non-hydrogen) atoms. The molecule has 0 aromatic carbocycles. The number of hydrogen-bond donors (Lipinski definition) is 0. The molecule has 0 saturated heterocycles. The smallest absolute Gasteiger partial charge is 0.0589 e. The minimum atomic E-state index is 0.330. The minimum Gasteiger partial charge on any atom is -0.383 e. The molecule has 0 atom stereocenters. The van der Waals surface area contributed by atoms with Gasteiger partial charge in [0.05, 0.1) is 6.61 Å². The molecule has 0 radical (unpaired) electrons. The van der Waals surface area contributed by atoms with Crippen molar-refractivity contribution in [3.8, 4) is 0 Å². The number of hydrogen-bond acceptors (Lipinski definition) is 2. The third-order valence-electron chi connectivity index (χ3n) is 3.03. The molecular weight excluding hydrogens is 266 g/mol. The third-order valence-corrected chi connectivity index (χ3v) is 4.55. The molecule has 0 unspecified atom stereocenters. The van der Waals surface area contributed by atoms with Crippen molar-refractivity contribution in [1.29, 1.82) is 0 Å². The Balaban J connectivity index is 4.40. The minimum absolute atomic E-state index is 0.330. The van der Waals surface area contributed by atoms with Crippen LogP contribution in [0.25, 0.3) is 0 Å². The Morgan fingerprint density at radius 3 is 2.19 bits per heavy atom. The summed E-state index contributed by atoms with van der Waals surface area (Å²) in [5.41, 5.74) is 0.330. The monoisotopic (exact) mass is 293 g/mol. The van der Waals surface area contributed by atoms with E-state index in [-0.39, 0.29) is 0 Å². The molecule has 2 nitrogen and oxygen atoms in total. The van der Waals surface area contributed by atoms with Gasteiger partial charge in [0.25, 0.3) is 0 Å². The molecule has 0 aliphatic rings. The molecule has 0 spiro atoms. The van der Waals surface area contributed by atoms with E-state index in [1.54, 1.807) is 7.11 Å². The fourth-order valence-electron chi connectivity index (χ4n) is 2.00. The van der Waals surface area contributed by atoms with Gasteiger partial charge < -0.3 is 4.74 Å². The average molecular weight is 294 g/mol. The fourth-order valence-corrected chi connectivity index (χ4v) is 2.17. The second kappa shape index (κ2) is 8.48. The largest absolute Gasteiger partial charge is 0.383 e. The maximum absolute atomic E-state index is 5.21. The first-order valence-corrected chi connectivity index (χ1v) is 7.41. The zero-order chi connectivity index (χ0) is 12.6. The molecule has 0 N–H and O–H groups in total. The number of alkyl halides is 1. The van der Waals surface area contributed by atoms with Crippen LogP contribution < -0.4 is 0 Å². The lowest BCUT2D eigenvalue weighted by Crippen LogP contribution is -2.43.